The summed E-state index contributed by atoms with van der Waals surface area (Å²) in [4.78, 5) is 17.9. The van der Waals surface area contributed by atoms with Crippen LogP contribution in [0.15, 0.2) is 84.2 Å². The number of hydrogen-bond donors (Lipinski definition) is 0. The predicted octanol–water partition coefficient (Wildman–Crippen LogP) is 5.31. The third kappa shape index (κ3) is 3.59. The van der Waals surface area contributed by atoms with E-state index in [1.54, 1.807) is 18.6 Å². The van der Waals surface area contributed by atoms with Gasteiger partial charge in [0.15, 0.2) is 0 Å². The number of fused-ring (bicyclic) bond motifs is 4. The van der Waals surface area contributed by atoms with Gasteiger partial charge in [-0.3, -0.25) is 19.5 Å². The van der Waals surface area contributed by atoms with E-state index in [0.29, 0.717) is 11.3 Å². The van der Waals surface area contributed by atoms with Gasteiger partial charge in [-0.2, -0.15) is 10.5 Å². The maximum absolute atomic E-state index is 9.53. The highest BCUT2D eigenvalue weighted by molar-refractivity contribution is 6.05. The molecular weight excluding hydrogens is 472 g/mol. The summed E-state index contributed by atoms with van der Waals surface area (Å²) in [7, 11) is 1.86. The second-order valence-electron chi connectivity index (χ2n) is 9.68. The quantitative estimate of drug-likeness (QED) is 0.310. The van der Waals surface area contributed by atoms with E-state index in [4.69, 9.17) is 4.98 Å². The molecule has 8 nitrogen and oxygen atoms in total. The Labute approximate surface area is 218 Å². The van der Waals surface area contributed by atoms with Crippen LogP contribution in [0.5, 0.6) is 0 Å². The summed E-state index contributed by atoms with van der Waals surface area (Å²) in [6, 6.07) is 22.4. The van der Waals surface area contributed by atoms with Gasteiger partial charge in [-0.05, 0) is 67.4 Å². The zero-order valence-corrected chi connectivity index (χ0v) is 21.1. The maximum atomic E-state index is 9.53. The fourth-order valence-corrected chi connectivity index (χ4v) is 4.80. The van der Waals surface area contributed by atoms with Crippen molar-refractivity contribution in [3.8, 4) is 29.1 Å². The SMILES string of the molecule is Cn1/c(=N/C#N)n(-c2ccc(C(C)(C)C#N)nc2)c2c3cc(-c4ccc5ncccc5c4)ccc3ncc21. The van der Waals surface area contributed by atoms with Crippen LogP contribution in [0.4, 0.5) is 0 Å². The second-order valence-corrected chi connectivity index (χ2v) is 9.68. The summed E-state index contributed by atoms with van der Waals surface area (Å²) in [5, 5.41) is 21.0. The van der Waals surface area contributed by atoms with Crippen molar-refractivity contribution in [1.82, 2.24) is 24.1 Å². The number of nitriles is 2. The van der Waals surface area contributed by atoms with Crippen molar-refractivity contribution in [2.24, 2.45) is 12.0 Å². The van der Waals surface area contributed by atoms with E-state index in [1.165, 1.54) is 0 Å². The van der Waals surface area contributed by atoms with E-state index >= 15 is 0 Å². The van der Waals surface area contributed by atoms with Gasteiger partial charge in [0.2, 0.25) is 11.8 Å². The molecule has 8 heteroatoms. The Hall–Kier alpha value is -5.34. The van der Waals surface area contributed by atoms with Crippen LogP contribution < -0.4 is 5.62 Å². The van der Waals surface area contributed by atoms with Crippen molar-refractivity contribution in [1.29, 1.82) is 10.5 Å². The Balaban J connectivity index is 1.64. The lowest BCUT2D eigenvalue weighted by atomic mass is 9.91. The Morgan fingerprint density at radius 1 is 0.868 bits per heavy atom. The molecule has 0 saturated carbocycles. The molecule has 6 aromatic rings. The van der Waals surface area contributed by atoms with Gasteiger partial charge in [0.05, 0.1) is 57.3 Å². The van der Waals surface area contributed by atoms with E-state index in [9.17, 15) is 10.5 Å². The van der Waals surface area contributed by atoms with Crippen LogP contribution in [0.3, 0.4) is 0 Å². The normalized spacial score (nSPS) is 12.2. The molecule has 182 valence electrons. The molecule has 0 radical (unpaired) electrons. The van der Waals surface area contributed by atoms with Crippen molar-refractivity contribution in [3.63, 3.8) is 0 Å². The van der Waals surface area contributed by atoms with Gasteiger partial charge in [0.1, 0.15) is 0 Å². The number of rotatable bonds is 3. The minimum Gasteiger partial charge on any atom is -0.311 e. The summed E-state index contributed by atoms with van der Waals surface area (Å²) >= 11 is 0. The van der Waals surface area contributed by atoms with Gasteiger partial charge in [-0.15, -0.1) is 4.99 Å². The largest absolute Gasteiger partial charge is 0.311 e. The van der Waals surface area contributed by atoms with Crippen molar-refractivity contribution < 1.29 is 0 Å². The van der Waals surface area contributed by atoms with E-state index < -0.39 is 5.41 Å². The topological polar surface area (TPSA) is 108 Å². The molecule has 0 spiro atoms. The van der Waals surface area contributed by atoms with Crippen LogP contribution in [-0.4, -0.2) is 24.1 Å². The number of imidazole rings is 1. The minimum atomic E-state index is -0.720. The molecule has 0 aliphatic heterocycles. The summed E-state index contributed by atoms with van der Waals surface area (Å²) in [5.74, 6) is 0. The Kier molecular flexibility index (Phi) is 5.25. The summed E-state index contributed by atoms with van der Waals surface area (Å²) in [5.41, 5.74) is 6.70. The minimum absolute atomic E-state index is 0.452. The highest BCUT2D eigenvalue weighted by atomic mass is 15.2. The van der Waals surface area contributed by atoms with E-state index in [1.807, 2.05) is 66.6 Å². The van der Waals surface area contributed by atoms with Crippen LogP contribution in [0, 0.1) is 22.8 Å². The van der Waals surface area contributed by atoms with E-state index in [-0.39, 0.29) is 0 Å². The zero-order valence-electron chi connectivity index (χ0n) is 21.1. The number of aryl methyl sites for hydroxylation is 1. The van der Waals surface area contributed by atoms with Gasteiger partial charge in [-0.1, -0.05) is 18.2 Å². The van der Waals surface area contributed by atoms with Gasteiger partial charge < -0.3 is 4.57 Å². The molecule has 4 heterocycles. The number of aromatic nitrogens is 5. The molecule has 0 aliphatic carbocycles. The van der Waals surface area contributed by atoms with Crippen LogP contribution in [0.1, 0.15) is 19.5 Å². The Morgan fingerprint density at radius 3 is 2.39 bits per heavy atom. The molecule has 0 N–H and O–H groups in total. The molecule has 2 aromatic carbocycles. The van der Waals surface area contributed by atoms with Gasteiger partial charge in [-0.25, -0.2) is 0 Å². The molecule has 0 aliphatic rings. The standard InChI is InChI=1S/C30H22N8/c1-30(2,17-31)27-11-8-22(15-35-27)38-28-23-14-20(19-6-9-24-21(13-19)5-4-12-33-24)7-10-25(23)34-16-26(28)37(3)29(38)36-18-32/h4-16H,1-3H3/b36-29-. The molecule has 0 fully saturated rings. The summed E-state index contributed by atoms with van der Waals surface area (Å²) in [6.07, 6.45) is 7.25. The number of pyridine rings is 3. The first-order chi connectivity index (χ1) is 18.4. The monoisotopic (exact) mass is 494 g/mol. The summed E-state index contributed by atoms with van der Waals surface area (Å²) in [6.45, 7) is 3.67. The zero-order chi connectivity index (χ0) is 26.4. The Morgan fingerprint density at radius 2 is 1.66 bits per heavy atom. The number of nitrogens with zero attached hydrogens (tertiary/aromatic N) is 8. The van der Waals surface area contributed by atoms with E-state index in [2.05, 4.69) is 51.4 Å². The molecule has 38 heavy (non-hydrogen) atoms. The average molecular weight is 495 g/mol. The van der Waals surface area contributed by atoms with Gasteiger partial charge in [0, 0.05) is 24.0 Å². The highest BCUT2D eigenvalue weighted by Gasteiger charge is 2.22. The first kappa shape index (κ1) is 23.1. The van der Waals surface area contributed by atoms with Gasteiger partial charge in [0.25, 0.3) is 0 Å². The molecule has 0 bridgehead atoms. The van der Waals surface area contributed by atoms with Crippen molar-refractivity contribution in [2.75, 3.05) is 0 Å². The highest BCUT2D eigenvalue weighted by Crippen LogP contribution is 2.31. The molecule has 4 aromatic heterocycles. The van der Waals surface area contributed by atoms with E-state index in [0.717, 1.165) is 49.7 Å². The lowest BCUT2D eigenvalue weighted by Crippen LogP contribution is -2.23. The van der Waals surface area contributed by atoms with Crippen LogP contribution in [0.2, 0.25) is 0 Å². The van der Waals surface area contributed by atoms with Crippen molar-refractivity contribution >= 4 is 32.8 Å². The first-order valence-electron chi connectivity index (χ1n) is 12.1. The second kappa shape index (κ2) is 8.65. The van der Waals surface area contributed by atoms with Crippen LogP contribution in [0.25, 0.3) is 49.7 Å². The average Bonchev–Trinajstić information content (AvgIpc) is 3.24. The molecule has 0 amide bonds. The third-order valence-electron chi connectivity index (χ3n) is 6.92. The molecular formula is C30H22N8. The molecule has 6 rings (SSSR count). The van der Waals surface area contributed by atoms with Crippen molar-refractivity contribution in [2.45, 2.75) is 19.3 Å². The number of hydrogen-bond acceptors (Lipinski definition) is 6. The fraction of sp³-hybridized carbons (Fsp3) is 0.133. The Bertz CT molecular complexity index is 2030. The van der Waals surface area contributed by atoms with Crippen LogP contribution >= 0.6 is 0 Å². The lowest BCUT2D eigenvalue weighted by Gasteiger charge is -2.15. The first-order valence-corrected chi connectivity index (χ1v) is 12.1. The summed E-state index contributed by atoms with van der Waals surface area (Å²) < 4.78 is 3.78. The molecule has 0 unspecified atom stereocenters. The maximum Gasteiger partial charge on any atom is 0.226 e. The lowest BCUT2D eigenvalue weighted by molar-refractivity contribution is 0.658. The van der Waals surface area contributed by atoms with Crippen LogP contribution in [-0.2, 0) is 12.5 Å². The molecule has 0 atom stereocenters. The fourth-order valence-electron chi connectivity index (χ4n) is 4.80. The van der Waals surface area contributed by atoms with Crippen molar-refractivity contribution in [3.05, 3.63) is 90.6 Å². The molecule has 0 saturated heterocycles. The number of benzene rings is 2. The smallest absolute Gasteiger partial charge is 0.226 e. The predicted molar refractivity (Wildman–Crippen MR) is 146 cm³/mol. The van der Waals surface area contributed by atoms with Gasteiger partial charge >= 0.3 is 0 Å². The third-order valence-corrected chi connectivity index (χ3v) is 6.92.